The second-order valence-electron chi connectivity index (χ2n) is 12.1. The van der Waals surface area contributed by atoms with Crippen LogP contribution in [0.15, 0.2) is 72.4 Å². The van der Waals surface area contributed by atoms with Gasteiger partial charge < -0.3 is 10.4 Å². The van der Waals surface area contributed by atoms with E-state index in [9.17, 15) is 22.8 Å². The number of sulfonamides is 1. The highest BCUT2D eigenvalue weighted by Crippen LogP contribution is 2.45. The fourth-order valence-corrected chi connectivity index (χ4v) is 8.70. The van der Waals surface area contributed by atoms with Gasteiger partial charge in [0.05, 0.1) is 18.3 Å². The van der Waals surface area contributed by atoms with Gasteiger partial charge in [0, 0.05) is 47.0 Å². The molecule has 0 bridgehead atoms. The number of hydrogen-bond donors (Lipinski definition) is 2. The molecule has 2 aromatic heterocycles. The summed E-state index contributed by atoms with van der Waals surface area (Å²) in [6.45, 7) is 3.24. The monoisotopic (exact) mass is 711 g/mol. The number of amides is 2. The molecule has 3 unspecified atom stereocenters. The summed E-state index contributed by atoms with van der Waals surface area (Å²) in [4.78, 5) is 52.7. The third-order valence-corrected chi connectivity index (χ3v) is 10.8. The number of carboxylic acids is 1. The van der Waals surface area contributed by atoms with Crippen LogP contribution in [-0.2, 0) is 36.4 Å². The summed E-state index contributed by atoms with van der Waals surface area (Å²) < 4.78 is 31.4. The van der Waals surface area contributed by atoms with Crippen LogP contribution in [-0.4, -0.2) is 73.8 Å². The number of carbonyl (C=O) groups is 3. The van der Waals surface area contributed by atoms with Crippen molar-refractivity contribution in [2.75, 3.05) is 11.4 Å². The molecule has 2 amide bonds. The summed E-state index contributed by atoms with van der Waals surface area (Å²) in [5, 5.41) is 12.0. The first-order valence-corrected chi connectivity index (χ1v) is 17.3. The highest BCUT2D eigenvalue weighted by Gasteiger charge is 2.53. The van der Waals surface area contributed by atoms with Gasteiger partial charge in [-0.1, -0.05) is 47.5 Å². The van der Waals surface area contributed by atoms with E-state index in [0.717, 1.165) is 21.0 Å². The van der Waals surface area contributed by atoms with Gasteiger partial charge in [-0.2, -0.15) is 4.31 Å². The van der Waals surface area contributed by atoms with Crippen molar-refractivity contribution in [2.24, 2.45) is 0 Å². The first-order chi connectivity index (χ1) is 22.8. The van der Waals surface area contributed by atoms with Crippen LogP contribution in [0, 0.1) is 0 Å². The Morgan fingerprint density at radius 3 is 2.38 bits per heavy atom. The van der Waals surface area contributed by atoms with Crippen molar-refractivity contribution in [1.82, 2.24) is 29.1 Å². The quantitative estimate of drug-likeness (QED) is 0.242. The number of carbonyl (C=O) groups excluding carboxylic acids is 2. The minimum atomic E-state index is -4.41. The van der Waals surface area contributed by atoms with Crippen LogP contribution in [0.25, 0.3) is 11.1 Å². The van der Waals surface area contributed by atoms with Crippen LogP contribution in [0.2, 0.25) is 10.0 Å². The number of halogens is 2. The van der Waals surface area contributed by atoms with Gasteiger partial charge in [-0.15, -0.1) is 0 Å². The van der Waals surface area contributed by atoms with Crippen molar-refractivity contribution in [2.45, 2.75) is 62.2 Å². The minimum Gasteiger partial charge on any atom is -0.481 e. The molecule has 13 nitrogen and oxygen atoms in total. The highest BCUT2D eigenvalue weighted by atomic mass is 35.5. The molecule has 0 aliphatic carbocycles. The van der Waals surface area contributed by atoms with E-state index >= 15 is 0 Å². The van der Waals surface area contributed by atoms with Crippen LogP contribution < -0.4 is 10.2 Å². The number of nitrogens with one attached hydrogen (secondary N) is 1. The molecule has 2 aromatic carbocycles. The molecule has 2 aliphatic heterocycles. The second kappa shape index (κ2) is 12.9. The number of rotatable bonds is 10. The molecule has 1 fully saturated rings. The van der Waals surface area contributed by atoms with Gasteiger partial charge in [0.1, 0.15) is 17.9 Å². The van der Waals surface area contributed by atoms with E-state index < -0.39 is 45.4 Å². The summed E-state index contributed by atoms with van der Waals surface area (Å²) in [6, 6.07) is 10.3. The largest absolute Gasteiger partial charge is 0.481 e. The molecule has 4 heterocycles. The van der Waals surface area contributed by atoms with E-state index in [1.807, 2.05) is 24.3 Å². The molecule has 2 N–H and O–H groups in total. The number of aromatic nitrogens is 4. The molecule has 0 spiro atoms. The lowest BCUT2D eigenvalue weighted by atomic mass is 9.91. The van der Waals surface area contributed by atoms with Crippen LogP contribution in [0.4, 0.5) is 11.6 Å². The van der Waals surface area contributed by atoms with Gasteiger partial charge >= 0.3 is 5.97 Å². The standard InChI is InChI=1S/C32H31Cl2N7O6S/c1-19(10-28(42)43)38-29(44)26-4-3-9-39(26)48(46,47)27-17-37-31-40(25-12-23(33)11-24(34)13-25)30(45)32(2,41(27)31)14-20-5-7-21(8-6-20)22-15-35-18-36-16-22/h5-8,11-13,15-19,26H,3-4,9-10,14H2,1-2H3,(H,38,44)(H,42,43). The van der Waals surface area contributed by atoms with Crippen molar-refractivity contribution < 1.29 is 27.9 Å². The van der Waals surface area contributed by atoms with Crippen molar-refractivity contribution in [3.8, 4) is 11.1 Å². The lowest BCUT2D eigenvalue weighted by Crippen LogP contribution is -2.49. The van der Waals surface area contributed by atoms with Gasteiger partial charge in [-0.05, 0) is 56.0 Å². The van der Waals surface area contributed by atoms with Crippen LogP contribution in [0.3, 0.4) is 0 Å². The van der Waals surface area contributed by atoms with Gasteiger partial charge in [0.25, 0.3) is 15.9 Å². The first-order valence-electron chi connectivity index (χ1n) is 15.1. The topological polar surface area (TPSA) is 168 Å². The van der Waals surface area contributed by atoms with Crippen LogP contribution in [0.5, 0.6) is 0 Å². The number of fused-ring (bicyclic) bond motifs is 1. The molecule has 0 saturated carbocycles. The number of imidazole rings is 1. The van der Waals surface area contributed by atoms with Gasteiger partial charge in [0.15, 0.2) is 5.03 Å². The Kier molecular flexibility index (Phi) is 9.02. The van der Waals surface area contributed by atoms with Crippen molar-refractivity contribution >= 4 is 62.6 Å². The molecule has 0 radical (unpaired) electrons. The number of aliphatic carboxylic acids is 1. The normalized spacial score (nSPS) is 20.1. The van der Waals surface area contributed by atoms with E-state index in [1.165, 1.54) is 35.0 Å². The summed E-state index contributed by atoms with van der Waals surface area (Å²) >= 11 is 12.6. The molecule has 6 rings (SSSR count). The predicted octanol–water partition coefficient (Wildman–Crippen LogP) is 4.42. The van der Waals surface area contributed by atoms with E-state index in [2.05, 4.69) is 20.3 Å². The Morgan fingerprint density at radius 2 is 1.73 bits per heavy atom. The number of nitrogens with zero attached hydrogens (tertiary/aromatic N) is 6. The van der Waals surface area contributed by atoms with E-state index in [4.69, 9.17) is 28.3 Å². The van der Waals surface area contributed by atoms with Crippen molar-refractivity contribution in [1.29, 1.82) is 0 Å². The van der Waals surface area contributed by atoms with Crippen LogP contribution in [0.1, 0.15) is 38.7 Å². The van der Waals surface area contributed by atoms with E-state index in [1.54, 1.807) is 31.5 Å². The number of benzene rings is 2. The zero-order valence-electron chi connectivity index (χ0n) is 25.9. The van der Waals surface area contributed by atoms with Gasteiger partial charge in [0.2, 0.25) is 11.9 Å². The summed E-state index contributed by atoms with van der Waals surface area (Å²) in [6.07, 6.45) is 6.43. The third-order valence-electron chi connectivity index (χ3n) is 8.52. The Bertz CT molecular complexity index is 1990. The number of hydrogen-bond acceptors (Lipinski definition) is 8. The summed E-state index contributed by atoms with van der Waals surface area (Å²) in [5.41, 5.74) is 1.23. The maximum atomic E-state index is 14.5. The van der Waals surface area contributed by atoms with Gasteiger partial charge in [-0.25, -0.2) is 28.3 Å². The average molecular weight is 713 g/mol. The minimum absolute atomic E-state index is 0.0488. The maximum Gasteiger partial charge on any atom is 0.305 e. The van der Waals surface area contributed by atoms with Crippen molar-refractivity contribution in [3.63, 3.8) is 0 Å². The fraction of sp³-hybridized carbons (Fsp3) is 0.312. The van der Waals surface area contributed by atoms with E-state index in [-0.39, 0.29) is 46.8 Å². The molecule has 48 heavy (non-hydrogen) atoms. The number of carboxylic acid groups (broad SMARTS) is 1. The molecule has 4 aromatic rings. The lowest BCUT2D eigenvalue weighted by Gasteiger charge is -2.29. The predicted molar refractivity (Wildman–Crippen MR) is 177 cm³/mol. The highest BCUT2D eigenvalue weighted by molar-refractivity contribution is 7.89. The average Bonchev–Trinajstić information content (AvgIpc) is 3.74. The maximum absolute atomic E-state index is 14.5. The Balaban J connectivity index is 1.41. The SMILES string of the molecule is CC(CC(=O)O)NC(=O)C1CCCN1S(=O)(=O)c1cnc2n1C(C)(Cc1ccc(-c3cncnc3)cc1)C(=O)N2c1cc(Cl)cc(Cl)c1. The smallest absolute Gasteiger partial charge is 0.305 e. The Labute approximate surface area is 286 Å². The summed E-state index contributed by atoms with van der Waals surface area (Å²) in [5.74, 6) is -2.09. The Hall–Kier alpha value is -4.37. The molecule has 3 atom stereocenters. The third kappa shape index (κ3) is 6.16. The first kappa shape index (κ1) is 33.5. The molecule has 250 valence electrons. The van der Waals surface area contributed by atoms with E-state index in [0.29, 0.717) is 12.1 Å². The molecular formula is C32H31Cl2N7O6S. The zero-order valence-corrected chi connectivity index (χ0v) is 28.2. The molecule has 16 heteroatoms. The zero-order chi connectivity index (χ0) is 34.4. The molecular weight excluding hydrogens is 681 g/mol. The summed E-state index contributed by atoms with van der Waals surface area (Å²) in [7, 11) is -4.41. The van der Waals surface area contributed by atoms with Crippen molar-refractivity contribution in [3.05, 3.63) is 83.0 Å². The number of anilines is 2. The fourth-order valence-electron chi connectivity index (χ4n) is 6.34. The second-order valence-corrected chi connectivity index (χ2v) is 14.8. The van der Waals surface area contributed by atoms with Gasteiger partial charge in [-0.3, -0.25) is 19.0 Å². The lowest BCUT2D eigenvalue weighted by molar-refractivity contribution is -0.137. The molecule has 2 aliphatic rings. The molecule has 1 saturated heterocycles. The van der Waals surface area contributed by atoms with Crippen LogP contribution >= 0.6 is 23.2 Å². The Morgan fingerprint density at radius 1 is 1.06 bits per heavy atom.